The van der Waals surface area contributed by atoms with Crippen LogP contribution in [0.15, 0.2) is 23.1 Å². The third-order valence-corrected chi connectivity index (χ3v) is 3.77. The van der Waals surface area contributed by atoms with Gasteiger partial charge in [0.25, 0.3) is 5.91 Å². The molecule has 0 aromatic carbocycles. The molecule has 3 rings (SSSR count). The first-order valence-corrected chi connectivity index (χ1v) is 7.46. The number of amides is 1. The van der Waals surface area contributed by atoms with Crippen molar-refractivity contribution in [1.82, 2.24) is 19.6 Å². The maximum Gasteiger partial charge on any atom is 0.292 e. The van der Waals surface area contributed by atoms with Gasteiger partial charge in [0.1, 0.15) is 0 Å². The maximum absolute atomic E-state index is 12.6. The Balaban J connectivity index is 1.82. The second kappa shape index (κ2) is 6.31. The first kappa shape index (κ1) is 14.8. The summed E-state index contributed by atoms with van der Waals surface area (Å²) in [5, 5.41) is 3.79. The summed E-state index contributed by atoms with van der Waals surface area (Å²) in [6.45, 7) is 7.00. The molecule has 0 aliphatic carbocycles. The minimum absolute atomic E-state index is 0.142. The monoisotopic (exact) mass is 304 g/mol. The topological polar surface area (TPSA) is 73.4 Å². The van der Waals surface area contributed by atoms with E-state index < -0.39 is 0 Å². The fraction of sp³-hybridized carbons (Fsp3) is 0.533. The maximum atomic E-state index is 12.6. The fourth-order valence-electron chi connectivity index (χ4n) is 2.72. The van der Waals surface area contributed by atoms with E-state index in [0.717, 1.165) is 12.2 Å². The van der Waals surface area contributed by atoms with Gasteiger partial charge >= 0.3 is 0 Å². The van der Waals surface area contributed by atoms with Crippen LogP contribution in [0.5, 0.6) is 0 Å². The lowest BCUT2D eigenvalue weighted by atomic mass is 10.1. The van der Waals surface area contributed by atoms with Crippen LogP contribution in [-0.4, -0.2) is 45.3 Å². The van der Waals surface area contributed by atoms with Gasteiger partial charge in [-0.05, 0) is 13.8 Å². The molecular weight excluding hydrogens is 284 g/mol. The first-order valence-electron chi connectivity index (χ1n) is 7.46. The zero-order valence-corrected chi connectivity index (χ0v) is 12.9. The van der Waals surface area contributed by atoms with Gasteiger partial charge in [0.05, 0.1) is 30.9 Å². The predicted molar refractivity (Wildman–Crippen MR) is 78.2 cm³/mol. The Hall–Kier alpha value is -2.15. The summed E-state index contributed by atoms with van der Waals surface area (Å²) in [5.41, 5.74) is 1.72. The molecule has 1 atom stereocenters. The van der Waals surface area contributed by atoms with Crippen LogP contribution in [-0.2, 0) is 17.8 Å². The highest BCUT2D eigenvalue weighted by Crippen LogP contribution is 2.19. The SMILES string of the molecule is CCOC[C@@H]1CN(C(=O)c2cc(C)no2)Cc2cncn2C1. The van der Waals surface area contributed by atoms with Gasteiger partial charge < -0.3 is 18.7 Å². The average Bonchev–Trinajstić information content (AvgIpc) is 3.09. The lowest BCUT2D eigenvalue weighted by molar-refractivity contribution is 0.0585. The van der Waals surface area contributed by atoms with Crippen LogP contribution >= 0.6 is 0 Å². The van der Waals surface area contributed by atoms with Gasteiger partial charge in [0.15, 0.2) is 0 Å². The van der Waals surface area contributed by atoms with Crippen LogP contribution in [0, 0.1) is 12.8 Å². The highest BCUT2D eigenvalue weighted by Gasteiger charge is 2.27. The summed E-state index contributed by atoms with van der Waals surface area (Å²) in [7, 11) is 0. The van der Waals surface area contributed by atoms with Crippen molar-refractivity contribution in [1.29, 1.82) is 0 Å². The quantitative estimate of drug-likeness (QED) is 0.855. The van der Waals surface area contributed by atoms with Gasteiger partial charge in [-0.2, -0.15) is 0 Å². The van der Waals surface area contributed by atoms with E-state index in [2.05, 4.69) is 14.7 Å². The fourth-order valence-corrected chi connectivity index (χ4v) is 2.72. The molecule has 0 bridgehead atoms. The molecule has 3 heterocycles. The Kier molecular flexibility index (Phi) is 4.24. The molecule has 7 nitrogen and oxygen atoms in total. The molecule has 2 aromatic heterocycles. The molecule has 1 amide bonds. The van der Waals surface area contributed by atoms with Crippen molar-refractivity contribution in [2.75, 3.05) is 19.8 Å². The van der Waals surface area contributed by atoms with Crippen molar-refractivity contribution in [2.24, 2.45) is 5.92 Å². The molecule has 0 spiro atoms. The van der Waals surface area contributed by atoms with Gasteiger partial charge in [-0.3, -0.25) is 4.79 Å². The van der Waals surface area contributed by atoms with Gasteiger partial charge in [-0.1, -0.05) is 5.16 Å². The van der Waals surface area contributed by atoms with E-state index in [-0.39, 0.29) is 17.6 Å². The van der Waals surface area contributed by atoms with Gasteiger partial charge in [0.2, 0.25) is 5.76 Å². The molecule has 1 aliphatic rings. The van der Waals surface area contributed by atoms with Crippen LogP contribution in [0.2, 0.25) is 0 Å². The normalized spacial score (nSPS) is 18.1. The molecule has 0 fully saturated rings. The zero-order valence-electron chi connectivity index (χ0n) is 12.9. The molecule has 1 aliphatic heterocycles. The number of nitrogens with zero attached hydrogens (tertiary/aromatic N) is 4. The second-order valence-corrected chi connectivity index (χ2v) is 5.58. The summed E-state index contributed by atoms with van der Waals surface area (Å²) in [4.78, 5) is 18.6. The van der Waals surface area contributed by atoms with E-state index >= 15 is 0 Å². The number of hydrogen-bond acceptors (Lipinski definition) is 5. The molecule has 7 heteroatoms. The predicted octanol–water partition coefficient (Wildman–Crippen LogP) is 1.49. The van der Waals surface area contributed by atoms with E-state index in [9.17, 15) is 4.79 Å². The molecule has 0 unspecified atom stereocenters. The van der Waals surface area contributed by atoms with E-state index in [1.54, 1.807) is 30.4 Å². The molecule has 0 N–H and O–H groups in total. The van der Waals surface area contributed by atoms with E-state index in [4.69, 9.17) is 9.26 Å². The number of imidazole rings is 1. The summed E-state index contributed by atoms with van der Waals surface area (Å²) < 4.78 is 12.7. The molecule has 118 valence electrons. The third kappa shape index (κ3) is 3.04. The smallest absolute Gasteiger partial charge is 0.292 e. The Morgan fingerprint density at radius 1 is 1.50 bits per heavy atom. The van der Waals surface area contributed by atoms with Crippen molar-refractivity contribution < 1.29 is 14.1 Å². The molecule has 0 saturated carbocycles. The highest BCUT2D eigenvalue weighted by molar-refractivity contribution is 5.91. The van der Waals surface area contributed by atoms with Crippen molar-refractivity contribution in [3.63, 3.8) is 0 Å². The molecular formula is C15H20N4O3. The number of fused-ring (bicyclic) bond motifs is 1. The van der Waals surface area contributed by atoms with E-state index in [0.29, 0.717) is 32.0 Å². The summed E-state index contributed by atoms with van der Waals surface area (Å²) >= 11 is 0. The number of aryl methyl sites for hydroxylation is 1. The molecule has 22 heavy (non-hydrogen) atoms. The number of aromatic nitrogens is 3. The lowest BCUT2D eigenvalue weighted by Crippen LogP contribution is -2.35. The zero-order chi connectivity index (χ0) is 15.5. The first-order chi connectivity index (χ1) is 10.7. The van der Waals surface area contributed by atoms with Crippen LogP contribution in [0.1, 0.15) is 28.9 Å². The van der Waals surface area contributed by atoms with Gasteiger partial charge in [-0.25, -0.2) is 4.98 Å². The molecule has 0 radical (unpaired) electrons. The number of carbonyl (C=O) groups is 1. The lowest BCUT2D eigenvalue weighted by Gasteiger charge is -2.22. The Bertz CT molecular complexity index is 649. The number of hydrogen-bond donors (Lipinski definition) is 0. The number of rotatable bonds is 4. The van der Waals surface area contributed by atoms with Gasteiger partial charge in [0, 0.05) is 37.9 Å². The largest absolute Gasteiger partial charge is 0.381 e. The summed E-state index contributed by atoms with van der Waals surface area (Å²) in [5.74, 6) is 0.362. The van der Waals surface area contributed by atoms with Crippen molar-refractivity contribution in [3.05, 3.63) is 35.7 Å². The summed E-state index contributed by atoms with van der Waals surface area (Å²) in [6, 6.07) is 1.67. The van der Waals surface area contributed by atoms with E-state index in [1.807, 2.05) is 6.92 Å². The molecule has 0 saturated heterocycles. The minimum Gasteiger partial charge on any atom is -0.381 e. The Morgan fingerprint density at radius 2 is 2.36 bits per heavy atom. The molecule has 2 aromatic rings. The minimum atomic E-state index is -0.142. The Labute approximate surface area is 128 Å². The second-order valence-electron chi connectivity index (χ2n) is 5.58. The average molecular weight is 304 g/mol. The van der Waals surface area contributed by atoms with Crippen LogP contribution < -0.4 is 0 Å². The number of carbonyl (C=O) groups excluding carboxylic acids is 1. The highest BCUT2D eigenvalue weighted by atomic mass is 16.5. The van der Waals surface area contributed by atoms with Crippen molar-refractivity contribution in [2.45, 2.75) is 26.9 Å². The number of ether oxygens (including phenoxy) is 1. The van der Waals surface area contributed by atoms with Crippen LogP contribution in [0.25, 0.3) is 0 Å². The van der Waals surface area contributed by atoms with Gasteiger partial charge in [-0.15, -0.1) is 0 Å². The summed E-state index contributed by atoms with van der Waals surface area (Å²) in [6.07, 6.45) is 3.61. The van der Waals surface area contributed by atoms with Crippen molar-refractivity contribution in [3.8, 4) is 0 Å². The van der Waals surface area contributed by atoms with Crippen LogP contribution in [0.4, 0.5) is 0 Å². The Morgan fingerprint density at radius 3 is 3.09 bits per heavy atom. The van der Waals surface area contributed by atoms with Crippen LogP contribution in [0.3, 0.4) is 0 Å². The van der Waals surface area contributed by atoms with Crippen molar-refractivity contribution >= 4 is 5.91 Å². The standard InChI is InChI=1S/C15H20N4O3/c1-3-21-9-12-6-18(8-13-5-16-10-19(13)7-12)15(20)14-4-11(2)17-22-14/h4-5,10,12H,3,6-9H2,1-2H3/t12-/m1/s1. The third-order valence-electron chi connectivity index (χ3n) is 3.77. The van der Waals surface area contributed by atoms with E-state index in [1.165, 1.54) is 0 Å².